The number of rotatable bonds is 4. The molecule has 0 radical (unpaired) electrons. The molecule has 1 N–H and O–H groups in total. The Kier molecular flexibility index (Phi) is 5.48. The van der Waals surface area contributed by atoms with E-state index in [2.05, 4.69) is 5.32 Å². The first-order chi connectivity index (χ1) is 14.9. The molecule has 11 heteroatoms. The van der Waals surface area contributed by atoms with Crippen molar-refractivity contribution in [3.05, 3.63) is 70.9 Å². The van der Waals surface area contributed by atoms with Crippen molar-refractivity contribution < 1.29 is 35.9 Å². The van der Waals surface area contributed by atoms with E-state index in [1.807, 2.05) is 0 Å². The monoisotopic (exact) mass is 472 g/mol. The first-order valence-electron chi connectivity index (χ1n) is 9.28. The second-order valence-corrected chi connectivity index (χ2v) is 8.47. The zero-order valence-corrected chi connectivity index (χ0v) is 16.9. The maximum atomic E-state index is 13.1. The van der Waals surface area contributed by atoms with Gasteiger partial charge in [-0.15, -0.1) is 0 Å². The van der Waals surface area contributed by atoms with Crippen molar-refractivity contribution >= 4 is 33.8 Å². The lowest BCUT2D eigenvalue weighted by Gasteiger charge is -2.15. The molecule has 1 fully saturated rings. The maximum Gasteiger partial charge on any atom is 0.416 e. The summed E-state index contributed by atoms with van der Waals surface area (Å²) in [7, 11) is 0. The predicted octanol–water partition coefficient (Wildman–Crippen LogP) is 5.62. The van der Waals surface area contributed by atoms with E-state index in [9.17, 15) is 35.9 Å². The van der Waals surface area contributed by atoms with Crippen LogP contribution in [0.1, 0.15) is 22.3 Å². The molecule has 0 spiro atoms. The second kappa shape index (κ2) is 7.88. The van der Waals surface area contributed by atoms with Gasteiger partial charge in [-0.05, 0) is 47.9 Å². The van der Waals surface area contributed by atoms with Crippen molar-refractivity contribution in [1.29, 1.82) is 0 Å². The smallest absolute Gasteiger partial charge is 0.343 e. The van der Waals surface area contributed by atoms with Crippen molar-refractivity contribution in [3.8, 4) is 0 Å². The molecule has 2 heterocycles. The predicted molar refractivity (Wildman–Crippen MR) is 106 cm³/mol. The Morgan fingerprint density at radius 3 is 2.16 bits per heavy atom. The van der Waals surface area contributed by atoms with Gasteiger partial charge in [0.15, 0.2) is 0 Å². The Morgan fingerprint density at radius 2 is 1.59 bits per heavy atom. The summed E-state index contributed by atoms with van der Waals surface area (Å²) >= 11 is 0.875. The van der Waals surface area contributed by atoms with Crippen LogP contribution in [0.15, 0.2) is 48.7 Å². The Morgan fingerprint density at radius 1 is 0.938 bits per heavy atom. The highest BCUT2D eigenvalue weighted by Crippen LogP contribution is 2.37. The fourth-order valence-corrected chi connectivity index (χ4v) is 4.48. The zero-order valence-electron chi connectivity index (χ0n) is 16.1. The number of hydrogen-bond donors (Lipinski definition) is 1. The van der Waals surface area contributed by atoms with Gasteiger partial charge in [-0.25, -0.2) is 0 Å². The highest BCUT2D eigenvalue weighted by atomic mass is 32.2. The lowest BCUT2D eigenvalue weighted by molar-refractivity contribution is -0.143. The number of hydrogen-bond acceptors (Lipinski definition) is 3. The summed E-state index contributed by atoms with van der Waals surface area (Å²) in [5.41, 5.74) is -1.56. The molecule has 1 aliphatic heterocycles. The quantitative estimate of drug-likeness (QED) is 0.502. The zero-order chi connectivity index (χ0) is 23.3. The molecule has 0 aliphatic carbocycles. The topological polar surface area (TPSA) is 51.1 Å². The highest BCUT2D eigenvalue weighted by molar-refractivity contribution is 8.15. The molecule has 1 aromatic heterocycles. The number of carbonyl (C=O) groups excluding carboxylic acids is 2. The molecule has 2 amide bonds. The molecule has 1 unspecified atom stereocenters. The van der Waals surface area contributed by atoms with Crippen LogP contribution in [0.3, 0.4) is 0 Å². The van der Waals surface area contributed by atoms with Crippen molar-refractivity contribution in [2.75, 3.05) is 0 Å². The summed E-state index contributed by atoms with van der Waals surface area (Å²) in [4.78, 5) is 23.2. The lowest BCUT2D eigenvalue weighted by Crippen LogP contribution is -2.25. The molecule has 1 saturated heterocycles. The molecule has 2 aromatic carbocycles. The third-order valence-corrected chi connectivity index (χ3v) is 6.06. The van der Waals surface area contributed by atoms with Crippen LogP contribution in [-0.4, -0.2) is 21.0 Å². The lowest BCUT2D eigenvalue weighted by atomic mass is 10.0. The number of amides is 2. The van der Waals surface area contributed by atoms with Gasteiger partial charge in [-0.2, -0.15) is 26.3 Å². The van der Waals surface area contributed by atoms with E-state index in [4.69, 9.17) is 0 Å². The number of nitrogens with zero attached hydrogens (tertiary/aromatic N) is 1. The normalized spacial score (nSPS) is 17.2. The molecule has 3 aromatic rings. The Bertz CT molecular complexity index is 1180. The third kappa shape index (κ3) is 4.47. The molecular formula is C21H14F6N2O2S. The summed E-state index contributed by atoms with van der Waals surface area (Å²) in [5, 5.41) is 1.86. The van der Waals surface area contributed by atoms with Crippen LogP contribution in [0.5, 0.6) is 0 Å². The number of halogens is 6. The number of nitrogens with one attached hydrogen (secondary N) is 1. The minimum Gasteiger partial charge on any atom is -0.343 e. The molecule has 1 atom stereocenters. The van der Waals surface area contributed by atoms with Gasteiger partial charge in [0.25, 0.3) is 5.24 Å². The number of imide groups is 1. The van der Waals surface area contributed by atoms with Crippen molar-refractivity contribution in [3.63, 3.8) is 0 Å². The molecule has 1 aliphatic rings. The molecular weight excluding hydrogens is 458 g/mol. The van der Waals surface area contributed by atoms with Gasteiger partial charge in [0, 0.05) is 23.6 Å². The minimum absolute atomic E-state index is 0.0982. The molecule has 0 bridgehead atoms. The fraction of sp³-hybridized carbons (Fsp3) is 0.238. The largest absolute Gasteiger partial charge is 0.416 e. The summed E-state index contributed by atoms with van der Waals surface area (Å²) in [6.45, 7) is -0.211. The van der Waals surface area contributed by atoms with E-state index in [-0.39, 0.29) is 24.6 Å². The van der Waals surface area contributed by atoms with Gasteiger partial charge in [0.2, 0.25) is 5.91 Å². The number of alkyl halides is 6. The van der Waals surface area contributed by atoms with Gasteiger partial charge in [-0.1, -0.05) is 23.9 Å². The van der Waals surface area contributed by atoms with E-state index in [1.54, 1.807) is 35.0 Å². The first kappa shape index (κ1) is 22.3. The number of carbonyl (C=O) groups is 2. The summed E-state index contributed by atoms with van der Waals surface area (Å²) in [5.74, 6) is -0.403. The SMILES string of the molecule is O=C1NC(=O)C(Cc2cccc3c2ccn3Cc2cc(C(F)(F)F)cc(C(F)(F)F)c2)S1. The van der Waals surface area contributed by atoms with Crippen molar-refractivity contribution in [2.24, 2.45) is 0 Å². The molecule has 4 nitrogen and oxygen atoms in total. The van der Waals surface area contributed by atoms with Crippen LogP contribution in [0, 0.1) is 0 Å². The van der Waals surface area contributed by atoms with Gasteiger partial charge in [-0.3, -0.25) is 14.9 Å². The number of aromatic nitrogens is 1. The van der Waals surface area contributed by atoms with Crippen LogP contribution in [-0.2, 0) is 30.1 Å². The minimum atomic E-state index is -4.92. The van der Waals surface area contributed by atoms with Gasteiger partial charge >= 0.3 is 12.4 Å². The average Bonchev–Trinajstić information content (AvgIpc) is 3.23. The number of thioether (sulfide) groups is 1. The van der Waals surface area contributed by atoms with Crippen molar-refractivity contribution in [1.82, 2.24) is 9.88 Å². The third-order valence-electron chi connectivity index (χ3n) is 5.08. The summed E-state index contributed by atoms with van der Waals surface area (Å²) in [6, 6.07) is 8.32. The van der Waals surface area contributed by atoms with Crippen LogP contribution in [0.4, 0.5) is 31.1 Å². The Labute approximate surface area is 181 Å². The van der Waals surface area contributed by atoms with Crippen LogP contribution < -0.4 is 5.32 Å². The Hall–Kier alpha value is -2.95. The molecule has 32 heavy (non-hydrogen) atoms. The van der Waals surface area contributed by atoms with Gasteiger partial charge in [0.05, 0.1) is 16.4 Å². The van der Waals surface area contributed by atoms with Crippen LogP contribution in [0.25, 0.3) is 10.9 Å². The molecule has 4 rings (SSSR count). The summed E-state index contributed by atoms with van der Waals surface area (Å²) < 4.78 is 80.4. The van der Waals surface area contributed by atoms with E-state index in [1.165, 1.54) is 0 Å². The van der Waals surface area contributed by atoms with E-state index in [0.717, 1.165) is 17.3 Å². The molecule has 168 valence electrons. The van der Waals surface area contributed by atoms with Gasteiger partial charge < -0.3 is 4.57 Å². The van der Waals surface area contributed by atoms with Crippen molar-refractivity contribution in [2.45, 2.75) is 30.6 Å². The highest BCUT2D eigenvalue weighted by Gasteiger charge is 2.37. The fourth-order valence-electron chi connectivity index (χ4n) is 3.64. The van der Waals surface area contributed by atoms with Crippen LogP contribution in [0.2, 0.25) is 0 Å². The van der Waals surface area contributed by atoms with E-state index < -0.39 is 39.9 Å². The average molecular weight is 472 g/mol. The van der Waals surface area contributed by atoms with Crippen LogP contribution >= 0.6 is 11.8 Å². The second-order valence-electron chi connectivity index (χ2n) is 7.30. The van der Waals surface area contributed by atoms with E-state index >= 15 is 0 Å². The number of fused-ring (bicyclic) bond motifs is 1. The first-order valence-corrected chi connectivity index (χ1v) is 10.2. The van der Waals surface area contributed by atoms with Gasteiger partial charge in [0.1, 0.15) is 0 Å². The summed E-state index contributed by atoms with van der Waals surface area (Å²) in [6.07, 6.45) is -8.02. The standard InChI is InChI=1S/C21H14F6N2O2S/c22-20(23,24)13-6-11(7-14(9-13)21(25,26)27)10-29-5-4-15-12(2-1-3-16(15)29)8-17-18(30)28-19(31)32-17/h1-7,9,17H,8,10H2,(H,28,30,31). The van der Waals surface area contributed by atoms with E-state index in [0.29, 0.717) is 23.0 Å². The maximum absolute atomic E-state index is 13.1. The Balaban J connectivity index is 1.68. The number of benzene rings is 2. The molecule has 0 saturated carbocycles.